The van der Waals surface area contributed by atoms with Crippen LogP contribution in [0.2, 0.25) is 10.0 Å². The predicted molar refractivity (Wildman–Crippen MR) is 77.4 cm³/mol. The summed E-state index contributed by atoms with van der Waals surface area (Å²) in [6.45, 7) is 2.89. The van der Waals surface area contributed by atoms with Crippen LogP contribution < -0.4 is 0 Å². The lowest BCUT2D eigenvalue weighted by Crippen LogP contribution is -2.21. The molecule has 1 aromatic heterocycles. The first-order chi connectivity index (χ1) is 8.90. The molecule has 1 heterocycles. The van der Waals surface area contributed by atoms with Crippen LogP contribution >= 0.6 is 34.5 Å². The fourth-order valence-corrected chi connectivity index (χ4v) is 3.13. The number of Topliss-reactive ketones (excluding diaryl/α,β-unsaturated/α-hetero) is 1. The van der Waals surface area contributed by atoms with E-state index in [2.05, 4.69) is 0 Å². The van der Waals surface area contributed by atoms with E-state index >= 15 is 0 Å². The molecule has 0 bridgehead atoms. The summed E-state index contributed by atoms with van der Waals surface area (Å²) in [5, 5.41) is 1.65. The Morgan fingerprint density at radius 3 is 2.63 bits per heavy atom. The number of rotatable bonds is 3. The average Bonchev–Trinajstić information content (AvgIpc) is 2.66. The average molecular weight is 317 g/mol. The number of fused-ring (bicyclic) bond motifs is 1. The maximum Gasteiger partial charge on any atom is 0.350 e. The molecule has 1 aromatic carbocycles. The normalized spacial score (nSPS) is 12.4. The Labute approximate surface area is 124 Å². The predicted octanol–water partition coefficient (Wildman–Crippen LogP) is 4.34. The first-order valence-electron chi connectivity index (χ1n) is 5.49. The smallest absolute Gasteiger partial charge is 0.350 e. The third kappa shape index (κ3) is 2.91. The molecule has 0 aliphatic heterocycles. The molecule has 0 radical (unpaired) electrons. The number of carbonyl (C=O) groups excluding carboxylic acids is 2. The zero-order valence-corrected chi connectivity index (χ0v) is 12.5. The number of hydrogen-bond donors (Lipinski definition) is 0. The lowest BCUT2D eigenvalue weighted by atomic mass is 10.2. The SMILES string of the molecule is CC(=O)[C@H](C)OC(=O)c1sc2cc(Cl)ccc2c1Cl. The van der Waals surface area contributed by atoms with Crippen molar-refractivity contribution in [3.05, 3.63) is 33.1 Å². The summed E-state index contributed by atoms with van der Waals surface area (Å²) < 4.78 is 5.85. The Kier molecular flexibility index (Phi) is 4.13. The van der Waals surface area contributed by atoms with Gasteiger partial charge >= 0.3 is 5.97 Å². The van der Waals surface area contributed by atoms with Crippen molar-refractivity contribution < 1.29 is 14.3 Å². The molecule has 2 rings (SSSR count). The van der Waals surface area contributed by atoms with E-state index in [0.29, 0.717) is 10.0 Å². The summed E-state index contributed by atoms with van der Waals surface area (Å²) >= 11 is 13.2. The minimum atomic E-state index is -0.780. The van der Waals surface area contributed by atoms with E-state index in [1.807, 2.05) is 0 Å². The zero-order chi connectivity index (χ0) is 14.2. The van der Waals surface area contributed by atoms with Gasteiger partial charge in [0.2, 0.25) is 0 Å². The van der Waals surface area contributed by atoms with Crippen LogP contribution in [0.15, 0.2) is 18.2 Å². The monoisotopic (exact) mass is 316 g/mol. The van der Waals surface area contributed by atoms with Crippen LogP contribution in [0.25, 0.3) is 10.1 Å². The summed E-state index contributed by atoms with van der Waals surface area (Å²) in [4.78, 5) is 23.3. The fraction of sp³-hybridized carbons (Fsp3) is 0.231. The van der Waals surface area contributed by atoms with Crippen molar-refractivity contribution in [2.45, 2.75) is 20.0 Å². The molecule has 0 amide bonds. The minimum absolute atomic E-state index is 0.214. The van der Waals surface area contributed by atoms with Gasteiger partial charge in [-0.3, -0.25) is 4.79 Å². The van der Waals surface area contributed by atoms with Crippen molar-refractivity contribution in [3.8, 4) is 0 Å². The number of benzene rings is 1. The van der Waals surface area contributed by atoms with Crippen molar-refractivity contribution in [2.24, 2.45) is 0 Å². The molecule has 0 aliphatic carbocycles. The van der Waals surface area contributed by atoms with Gasteiger partial charge in [0, 0.05) is 15.1 Å². The van der Waals surface area contributed by atoms with Crippen LogP contribution in [-0.4, -0.2) is 17.9 Å². The molecule has 0 saturated carbocycles. The number of halogens is 2. The molecule has 0 aliphatic rings. The second-order valence-corrected chi connectivity index (χ2v) is 5.91. The van der Waals surface area contributed by atoms with Gasteiger partial charge in [-0.05, 0) is 26.0 Å². The van der Waals surface area contributed by atoms with Gasteiger partial charge in [-0.2, -0.15) is 0 Å². The number of ether oxygens (including phenoxy) is 1. The van der Waals surface area contributed by atoms with Gasteiger partial charge in [0.25, 0.3) is 0 Å². The standard InChI is InChI=1S/C13H10Cl2O3S/c1-6(16)7(2)18-13(17)12-11(15)9-4-3-8(14)5-10(9)19-12/h3-5,7H,1-2H3/t7-/m0/s1. The molecule has 0 N–H and O–H groups in total. The van der Waals surface area contributed by atoms with Crippen LogP contribution in [0.4, 0.5) is 0 Å². The third-order valence-electron chi connectivity index (χ3n) is 2.63. The summed E-state index contributed by atoms with van der Waals surface area (Å²) in [6.07, 6.45) is -0.780. The molecule has 19 heavy (non-hydrogen) atoms. The van der Waals surface area contributed by atoms with Crippen LogP contribution in [-0.2, 0) is 9.53 Å². The summed E-state index contributed by atoms with van der Waals surface area (Å²) in [5.74, 6) is -0.807. The van der Waals surface area contributed by atoms with Crippen molar-refractivity contribution in [1.29, 1.82) is 0 Å². The molecule has 1 atom stereocenters. The molecule has 0 spiro atoms. The largest absolute Gasteiger partial charge is 0.450 e. The molecule has 3 nitrogen and oxygen atoms in total. The minimum Gasteiger partial charge on any atom is -0.450 e. The summed E-state index contributed by atoms with van der Waals surface area (Å²) in [7, 11) is 0. The van der Waals surface area contributed by atoms with Crippen LogP contribution in [0.3, 0.4) is 0 Å². The highest BCUT2D eigenvalue weighted by molar-refractivity contribution is 7.21. The van der Waals surface area contributed by atoms with E-state index in [-0.39, 0.29) is 10.7 Å². The second-order valence-electron chi connectivity index (χ2n) is 4.04. The molecular weight excluding hydrogens is 307 g/mol. The number of hydrogen-bond acceptors (Lipinski definition) is 4. The zero-order valence-electron chi connectivity index (χ0n) is 10.2. The molecule has 6 heteroatoms. The summed E-state index contributed by atoms with van der Waals surface area (Å²) in [6, 6.07) is 5.19. The lowest BCUT2D eigenvalue weighted by Gasteiger charge is -2.08. The van der Waals surface area contributed by atoms with E-state index < -0.39 is 12.1 Å². The number of carbonyl (C=O) groups is 2. The topological polar surface area (TPSA) is 43.4 Å². The van der Waals surface area contributed by atoms with E-state index in [4.69, 9.17) is 27.9 Å². The summed E-state index contributed by atoms with van der Waals surface area (Å²) in [5.41, 5.74) is 0. The lowest BCUT2D eigenvalue weighted by molar-refractivity contribution is -0.124. The van der Waals surface area contributed by atoms with Crippen molar-refractivity contribution in [1.82, 2.24) is 0 Å². The molecule has 0 fully saturated rings. The molecule has 100 valence electrons. The molecule has 0 saturated heterocycles. The van der Waals surface area contributed by atoms with Gasteiger partial charge in [0.1, 0.15) is 4.88 Å². The van der Waals surface area contributed by atoms with Crippen LogP contribution in [0, 0.1) is 0 Å². The number of ketones is 1. The molecule has 0 unspecified atom stereocenters. The second kappa shape index (κ2) is 5.49. The van der Waals surface area contributed by atoms with E-state index in [1.54, 1.807) is 18.2 Å². The first-order valence-corrected chi connectivity index (χ1v) is 7.06. The first kappa shape index (κ1) is 14.3. The maximum atomic E-state index is 12.0. The van der Waals surface area contributed by atoms with Gasteiger partial charge < -0.3 is 4.74 Å². The van der Waals surface area contributed by atoms with Gasteiger partial charge in [-0.1, -0.05) is 29.3 Å². The highest BCUT2D eigenvalue weighted by atomic mass is 35.5. The quantitative estimate of drug-likeness (QED) is 0.791. The third-order valence-corrected chi connectivity index (χ3v) is 4.51. The highest BCUT2D eigenvalue weighted by Gasteiger charge is 2.21. The van der Waals surface area contributed by atoms with Gasteiger partial charge in [-0.25, -0.2) is 4.79 Å². The number of esters is 1. The fourth-order valence-electron chi connectivity index (χ4n) is 1.47. The van der Waals surface area contributed by atoms with Gasteiger partial charge in [0.15, 0.2) is 11.9 Å². The van der Waals surface area contributed by atoms with Crippen molar-refractivity contribution in [3.63, 3.8) is 0 Å². The van der Waals surface area contributed by atoms with Crippen LogP contribution in [0.1, 0.15) is 23.5 Å². The van der Waals surface area contributed by atoms with Crippen LogP contribution in [0.5, 0.6) is 0 Å². The Bertz CT molecular complexity index is 663. The maximum absolute atomic E-state index is 12.0. The molecule has 2 aromatic rings. The Morgan fingerprint density at radius 2 is 2.00 bits per heavy atom. The highest BCUT2D eigenvalue weighted by Crippen LogP contribution is 2.37. The van der Waals surface area contributed by atoms with Crippen molar-refractivity contribution in [2.75, 3.05) is 0 Å². The number of thiophene rings is 1. The van der Waals surface area contributed by atoms with Gasteiger partial charge in [0.05, 0.1) is 5.02 Å². The Hall–Kier alpha value is -1.10. The Morgan fingerprint density at radius 1 is 1.32 bits per heavy atom. The Balaban J connectivity index is 2.37. The van der Waals surface area contributed by atoms with Crippen molar-refractivity contribution >= 4 is 56.4 Å². The van der Waals surface area contributed by atoms with E-state index in [1.165, 1.54) is 25.2 Å². The van der Waals surface area contributed by atoms with Gasteiger partial charge in [-0.15, -0.1) is 11.3 Å². The molecular formula is C13H10Cl2O3S. The van der Waals surface area contributed by atoms with E-state index in [0.717, 1.165) is 10.1 Å². The van der Waals surface area contributed by atoms with E-state index in [9.17, 15) is 9.59 Å².